The van der Waals surface area contributed by atoms with E-state index < -0.39 is 24.2 Å². The van der Waals surface area contributed by atoms with E-state index in [-0.39, 0.29) is 5.69 Å². The Labute approximate surface area is 129 Å². The first-order chi connectivity index (χ1) is 10.5. The van der Waals surface area contributed by atoms with Gasteiger partial charge in [0.2, 0.25) is 0 Å². The molecule has 0 unspecified atom stereocenters. The Kier molecular flexibility index (Phi) is 3.94. The molecule has 1 atom stereocenters. The molecular formula is C15H23N3O4. The average Bonchev–Trinajstić information content (AvgIpc) is 3.18. The molecule has 0 saturated heterocycles. The van der Waals surface area contributed by atoms with Crippen molar-refractivity contribution in [2.24, 2.45) is 5.41 Å². The van der Waals surface area contributed by atoms with Gasteiger partial charge in [-0.25, -0.2) is 9.48 Å². The second-order valence-electron chi connectivity index (χ2n) is 6.83. The van der Waals surface area contributed by atoms with Gasteiger partial charge in [-0.05, 0) is 43.9 Å². The van der Waals surface area contributed by atoms with E-state index in [9.17, 15) is 15.0 Å². The Balaban J connectivity index is 1.84. The number of aliphatic carboxylic acids is 1. The second kappa shape index (κ2) is 5.62. The Morgan fingerprint density at radius 2 is 1.86 bits per heavy atom. The van der Waals surface area contributed by atoms with E-state index in [1.807, 2.05) is 0 Å². The molecule has 0 radical (unpaired) electrons. The van der Waals surface area contributed by atoms with Gasteiger partial charge in [0.25, 0.3) is 0 Å². The first-order valence-corrected chi connectivity index (χ1v) is 7.96. The number of rotatable bonds is 4. The Bertz CT molecular complexity index is 541. The molecule has 0 aliphatic heterocycles. The van der Waals surface area contributed by atoms with Gasteiger partial charge in [-0.3, -0.25) is 0 Å². The Morgan fingerprint density at radius 3 is 2.41 bits per heavy atom. The van der Waals surface area contributed by atoms with Gasteiger partial charge >= 0.3 is 5.97 Å². The predicted molar refractivity (Wildman–Crippen MR) is 77.0 cm³/mol. The molecule has 2 saturated carbocycles. The number of hydrogen-bond donors (Lipinski definition) is 3. The van der Waals surface area contributed by atoms with Crippen molar-refractivity contribution in [3.63, 3.8) is 0 Å². The van der Waals surface area contributed by atoms with Crippen molar-refractivity contribution in [2.75, 3.05) is 6.61 Å². The smallest absolute Gasteiger partial charge is 0.331 e. The molecular weight excluding hydrogens is 286 g/mol. The van der Waals surface area contributed by atoms with Gasteiger partial charge < -0.3 is 15.3 Å². The lowest BCUT2D eigenvalue weighted by molar-refractivity contribution is -0.152. The summed E-state index contributed by atoms with van der Waals surface area (Å²) in [6, 6.07) is 0. The number of aromatic nitrogens is 3. The fourth-order valence-electron chi connectivity index (χ4n) is 4.09. The second-order valence-corrected chi connectivity index (χ2v) is 6.83. The summed E-state index contributed by atoms with van der Waals surface area (Å²) >= 11 is 0. The molecule has 1 aromatic heterocycles. The van der Waals surface area contributed by atoms with E-state index >= 15 is 0 Å². The normalized spacial score (nSPS) is 24.5. The molecule has 1 spiro atoms. The molecule has 0 aromatic carbocycles. The molecule has 2 aliphatic carbocycles. The molecule has 22 heavy (non-hydrogen) atoms. The van der Waals surface area contributed by atoms with Crippen molar-refractivity contribution < 1.29 is 20.1 Å². The third-order valence-electron chi connectivity index (χ3n) is 5.66. The largest absolute Gasteiger partial charge is 0.479 e. The van der Waals surface area contributed by atoms with Crippen LogP contribution in [0.4, 0.5) is 0 Å². The van der Waals surface area contributed by atoms with Crippen LogP contribution in [0, 0.1) is 5.41 Å². The molecule has 2 fully saturated rings. The van der Waals surface area contributed by atoms with Crippen LogP contribution in [-0.2, 0) is 10.3 Å². The molecule has 7 heteroatoms. The van der Waals surface area contributed by atoms with Crippen LogP contribution in [0.25, 0.3) is 0 Å². The number of carboxylic acid groups (broad SMARTS) is 1. The maximum absolute atomic E-state index is 11.9. The van der Waals surface area contributed by atoms with E-state index in [0.29, 0.717) is 18.3 Å². The summed E-state index contributed by atoms with van der Waals surface area (Å²) in [7, 11) is 0. The highest BCUT2D eigenvalue weighted by atomic mass is 16.4. The van der Waals surface area contributed by atoms with Crippen molar-refractivity contribution in [1.82, 2.24) is 15.0 Å². The SMILES string of the molecule is O=C(O)C1(n2cc([C@H](O)CO)nn2)CCC2(CCCC2)CC1. The molecule has 0 bridgehead atoms. The molecule has 1 aromatic rings. The number of nitrogens with zero attached hydrogens (tertiary/aromatic N) is 3. The number of carboxylic acids is 1. The highest BCUT2D eigenvalue weighted by Gasteiger charge is 2.50. The standard InChI is InChI=1S/C15H23N3O4/c19-10-12(20)11-9-18(17-16-11)15(13(21)22)7-5-14(6-8-15)3-1-2-4-14/h9,12,19-20H,1-8,10H2,(H,21,22)/t12-/m1/s1. The molecule has 122 valence electrons. The van der Waals surface area contributed by atoms with Crippen LogP contribution in [0.5, 0.6) is 0 Å². The first kappa shape index (κ1) is 15.4. The molecule has 1 heterocycles. The monoisotopic (exact) mass is 309 g/mol. The summed E-state index contributed by atoms with van der Waals surface area (Å²) in [4.78, 5) is 11.9. The topological polar surface area (TPSA) is 108 Å². The maximum Gasteiger partial charge on any atom is 0.331 e. The van der Waals surface area contributed by atoms with Gasteiger partial charge in [0.05, 0.1) is 12.8 Å². The van der Waals surface area contributed by atoms with Crippen molar-refractivity contribution in [1.29, 1.82) is 0 Å². The minimum atomic E-state index is -1.12. The van der Waals surface area contributed by atoms with Gasteiger partial charge in [-0.2, -0.15) is 0 Å². The zero-order chi connectivity index (χ0) is 15.8. The molecule has 0 amide bonds. The quantitative estimate of drug-likeness (QED) is 0.771. The predicted octanol–water partition coefficient (Wildman–Crippen LogP) is 1.22. The van der Waals surface area contributed by atoms with Gasteiger partial charge in [0, 0.05) is 0 Å². The van der Waals surface area contributed by atoms with Crippen LogP contribution in [0.2, 0.25) is 0 Å². The van der Waals surface area contributed by atoms with Crippen LogP contribution < -0.4 is 0 Å². The van der Waals surface area contributed by atoms with Crippen molar-refractivity contribution in [2.45, 2.75) is 63.0 Å². The maximum atomic E-state index is 11.9. The number of aliphatic hydroxyl groups is 2. The summed E-state index contributed by atoms with van der Waals surface area (Å²) in [5, 5.41) is 36.1. The number of hydrogen-bond acceptors (Lipinski definition) is 5. The fraction of sp³-hybridized carbons (Fsp3) is 0.800. The lowest BCUT2D eigenvalue weighted by Crippen LogP contribution is -2.47. The fourth-order valence-corrected chi connectivity index (χ4v) is 4.09. The zero-order valence-electron chi connectivity index (χ0n) is 12.6. The summed E-state index contributed by atoms with van der Waals surface area (Å²) < 4.78 is 1.38. The zero-order valence-corrected chi connectivity index (χ0v) is 12.6. The number of carbonyl (C=O) groups is 1. The van der Waals surface area contributed by atoms with Gasteiger partial charge in [0.15, 0.2) is 5.54 Å². The highest BCUT2D eigenvalue weighted by Crippen LogP contribution is 2.53. The van der Waals surface area contributed by atoms with Crippen molar-refractivity contribution >= 4 is 5.97 Å². The van der Waals surface area contributed by atoms with Crippen LogP contribution >= 0.6 is 0 Å². The van der Waals surface area contributed by atoms with E-state index in [1.165, 1.54) is 36.6 Å². The van der Waals surface area contributed by atoms with Crippen LogP contribution in [0.1, 0.15) is 63.2 Å². The van der Waals surface area contributed by atoms with E-state index in [2.05, 4.69) is 10.3 Å². The van der Waals surface area contributed by atoms with Gasteiger partial charge in [-0.15, -0.1) is 5.10 Å². The highest BCUT2D eigenvalue weighted by molar-refractivity contribution is 5.76. The summed E-state index contributed by atoms with van der Waals surface area (Å²) in [6.07, 6.45) is 8.12. The third kappa shape index (κ3) is 2.42. The minimum Gasteiger partial charge on any atom is -0.479 e. The molecule has 3 N–H and O–H groups in total. The third-order valence-corrected chi connectivity index (χ3v) is 5.66. The molecule has 7 nitrogen and oxygen atoms in total. The summed E-state index contributed by atoms with van der Waals surface area (Å²) in [5.74, 6) is -0.893. The average molecular weight is 309 g/mol. The Morgan fingerprint density at radius 1 is 1.23 bits per heavy atom. The van der Waals surface area contributed by atoms with Crippen LogP contribution in [0.15, 0.2) is 6.20 Å². The van der Waals surface area contributed by atoms with Crippen molar-refractivity contribution in [3.05, 3.63) is 11.9 Å². The Hall–Kier alpha value is -1.47. The lowest BCUT2D eigenvalue weighted by atomic mass is 9.66. The first-order valence-electron chi connectivity index (χ1n) is 7.96. The molecule has 2 aliphatic rings. The lowest BCUT2D eigenvalue weighted by Gasteiger charge is -2.42. The van der Waals surface area contributed by atoms with Crippen LogP contribution in [-0.4, -0.2) is 42.9 Å². The number of aliphatic hydroxyl groups excluding tert-OH is 2. The summed E-state index contributed by atoms with van der Waals surface area (Å²) in [5.41, 5.74) is -0.536. The minimum absolute atomic E-state index is 0.212. The van der Waals surface area contributed by atoms with Crippen LogP contribution in [0.3, 0.4) is 0 Å². The van der Waals surface area contributed by atoms with Gasteiger partial charge in [-0.1, -0.05) is 18.1 Å². The summed E-state index contributed by atoms with van der Waals surface area (Å²) in [6.45, 7) is -0.456. The molecule has 3 rings (SSSR count). The van der Waals surface area contributed by atoms with Crippen molar-refractivity contribution in [3.8, 4) is 0 Å². The van der Waals surface area contributed by atoms with E-state index in [1.54, 1.807) is 0 Å². The van der Waals surface area contributed by atoms with E-state index in [4.69, 9.17) is 5.11 Å². The van der Waals surface area contributed by atoms with E-state index in [0.717, 1.165) is 12.8 Å². The van der Waals surface area contributed by atoms with Gasteiger partial charge in [0.1, 0.15) is 11.8 Å².